The second-order valence-corrected chi connectivity index (χ2v) is 4.24. The van der Waals surface area contributed by atoms with E-state index in [1.807, 2.05) is 18.2 Å². The third-order valence-corrected chi connectivity index (χ3v) is 2.73. The van der Waals surface area contributed by atoms with Crippen molar-refractivity contribution in [3.8, 4) is 0 Å². The number of pyridine rings is 1. The van der Waals surface area contributed by atoms with Gasteiger partial charge in [-0.05, 0) is 24.3 Å². The molecule has 0 aliphatic carbocycles. The SMILES string of the molecule is Fc1c(Cl)cc(NCc2ccccn2)cc1Cl. The number of hydrogen-bond donors (Lipinski definition) is 1. The van der Waals surface area contributed by atoms with Crippen molar-refractivity contribution in [1.82, 2.24) is 4.98 Å². The van der Waals surface area contributed by atoms with Gasteiger partial charge >= 0.3 is 0 Å². The van der Waals surface area contributed by atoms with Crippen LogP contribution in [-0.4, -0.2) is 4.98 Å². The zero-order chi connectivity index (χ0) is 12.3. The average Bonchev–Trinajstić information content (AvgIpc) is 2.34. The maximum absolute atomic E-state index is 13.2. The standard InChI is InChI=1S/C12H9Cl2FN2/c13-10-5-9(6-11(14)12(10)15)17-7-8-3-1-2-4-16-8/h1-6,17H,7H2. The van der Waals surface area contributed by atoms with E-state index in [0.717, 1.165) is 5.69 Å². The molecule has 1 N–H and O–H groups in total. The minimum atomic E-state index is -0.600. The molecule has 0 spiro atoms. The summed E-state index contributed by atoms with van der Waals surface area (Å²) in [6.07, 6.45) is 1.71. The summed E-state index contributed by atoms with van der Waals surface area (Å²) < 4.78 is 13.2. The monoisotopic (exact) mass is 270 g/mol. The van der Waals surface area contributed by atoms with Gasteiger partial charge in [-0.15, -0.1) is 0 Å². The van der Waals surface area contributed by atoms with Crippen LogP contribution in [0.5, 0.6) is 0 Å². The molecule has 5 heteroatoms. The summed E-state index contributed by atoms with van der Waals surface area (Å²) in [5.74, 6) is -0.600. The first-order valence-electron chi connectivity index (χ1n) is 4.95. The molecule has 0 aliphatic heterocycles. The maximum Gasteiger partial charge on any atom is 0.160 e. The van der Waals surface area contributed by atoms with Crippen molar-refractivity contribution in [2.75, 3.05) is 5.32 Å². The van der Waals surface area contributed by atoms with Crippen LogP contribution in [0.25, 0.3) is 0 Å². The van der Waals surface area contributed by atoms with Gasteiger partial charge in [-0.2, -0.15) is 0 Å². The zero-order valence-electron chi connectivity index (χ0n) is 8.75. The van der Waals surface area contributed by atoms with Crippen molar-refractivity contribution in [2.24, 2.45) is 0 Å². The van der Waals surface area contributed by atoms with Crippen LogP contribution in [0, 0.1) is 5.82 Å². The Hall–Kier alpha value is -1.32. The third kappa shape index (κ3) is 3.08. The molecule has 17 heavy (non-hydrogen) atoms. The van der Waals surface area contributed by atoms with Crippen LogP contribution in [0.3, 0.4) is 0 Å². The Labute approximate surface area is 108 Å². The van der Waals surface area contributed by atoms with E-state index in [4.69, 9.17) is 23.2 Å². The Balaban J connectivity index is 2.10. The van der Waals surface area contributed by atoms with Crippen molar-refractivity contribution in [1.29, 1.82) is 0 Å². The van der Waals surface area contributed by atoms with E-state index in [1.54, 1.807) is 6.20 Å². The Morgan fingerprint density at radius 1 is 1.18 bits per heavy atom. The molecule has 0 saturated carbocycles. The molecule has 2 rings (SSSR count). The average molecular weight is 271 g/mol. The number of nitrogens with zero attached hydrogens (tertiary/aromatic N) is 1. The van der Waals surface area contributed by atoms with Crippen molar-refractivity contribution in [3.05, 3.63) is 58.1 Å². The smallest absolute Gasteiger partial charge is 0.160 e. The van der Waals surface area contributed by atoms with Gasteiger partial charge in [0.05, 0.1) is 22.3 Å². The van der Waals surface area contributed by atoms with E-state index >= 15 is 0 Å². The Morgan fingerprint density at radius 2 is 1.88 bits per heavy atom. The molecule has 0 atom stereocenters. The molecule has 2 nitrogen and oxygen atoms in total. The summed E-state index contributed by atoms with van der Waals surface area (Å²) in [5.41, 5.74) is 1.54. The van der Waals surface area contributed by atoms with E-state index in [2.05, 4.69) is 10.3 Å². The lowest BCUT2D eigenvalue weighted by Crippen LogP contribution is -2.01. The number of nitrogens with one attached hydrogen (secondary N) is 1. The van der Waals surface area contributed by atoms with Crippen LogP contribution in [-0.2, 0) is 6.54 Å². The minimum Gasteiger partial charge on any atom is -0.379 e. The lowest BCUT2D eigenvalue weighted by molar-refractivity contribution is 0.629. The van der Waals surface area contributed by atoms with Gasteiger partial charge in [0.25, 0.3) is 0 Å². The van der Waals surface area contributed by atoms with E-state index in [-0.39, 0.29) is 10.0 Å². The molecule has 1 aromatic carbocycles. The second kappa shape index (κ2) is 5.34. The van der Waals surface area contributed by atoms with Gasteiger partial charge in [0, 0.05) is 11.9 Å². The summed E-state index contributed by atoms with van der Waals surface area (Å²) >= 11 is 11.4. The van der Waals surface area contributed by atoms with Gasteiger partial charge in [0.15, 0.2) is 5.82 Å². The summed E-state index contributed by atoms with van der Waals surface area (Å²) in [6, 6.07) is 8.61. The fourth-order valence-electron chi connectivity index (χ4n) is 1.35. The topological polar surface area (TPSA) is 24.9 Å². The molecular formula is C12H9Cl2FN2. The van der Waals surface area contributed by atoms with Gasteiger partial charge in [-0.3, -0.25) is 4.98 Å². The van der Waals surface area contributed by atoms with Gasteiger partial charge in [-0.1, -0.05) is 29.3 Å². The quantitative estimate of drug-likeness (QED) is 0.848. The number of aromatic nitrogens is 1. The highest BCUT2D eigenvalue weighted by atomic mass is 35.5. The largest absolute Gasteiger partial charge is 0.379 e. The van der Waals surface area contributed by atoms with Crippen molar-refractivity contribution >= 4 is 28.9 Å². The fourth-order valence-corrected chi connectivity index (χ4v) is 1.84. The molecule has 88 valence electrons. The molecule has 0 unspecified atom stereocenters. The third-order valence-electron chi connectivity index (χ3n) is 2.18. The van der Waals surface area contributed by atoms with Crippen LogP contribution >= 0.6 is 23.2 Å². The van der Waals surface area contributed by atoms with E-state index in [9.17, 15) is 4.39 Å². The first kappa shape index (κ1) is 12.1. The molecule has 0 aliphatic rings. The second-order valence-electron chi connectivity index (χ2n) is 3.43. The summed E-state index contributed by atoms with van der Waals surface area (Å²) in [4.78, 5) is 4.15. The number of hydrogen-bond acceptors (Lipinski definition) is 2. The van der Waals surface area contributed by atoms with Crippen LogP contribution < -0.4 is 5.32 Å². The van der Waals surface area contributed by atoms with Crippen molar-refractivity contribution in [3.63, 3.8) is 0 Å². The van der Waals surface area contributed by atoms with Crippen LogP contribution in [0.4, 0.5) is 10.1 Å². The summed E-state index contributed by atoms with van der Waals surface area (Å²) in [5, 5.41) is 3.07. The molecule has 0 radical (unpaired) electrons. The maximum atomic E-state index is 13.2. The van der Waals surface area contributed by atoms with E-state index in [0.29, 0.717) is 12.2 Å². The highest BCUT2D eigenvalue weighted by molar-refractivity contribution is 6.35. The predicted molar refractivity (Wildman–Crippen MR) is 68.0 cm³/mol. The molecule has 1 heterocycles. The number of benzene rings is 1. The normalized spacial score (nSPS) is 10.3. The molecule has 0 amide bonds. The lowest BCUT2D eigenvalue weighted by atomic mass is 10.3. The van der Waals surface area contributed by atoms with Gasteiger partial charge in [0.2, 0.25) is 0 Å². The summed E-state index contributed by atoms with van der Waals surface area (Å²) in [7, 11) is 0. The van der Waals surface area contributed by atoms with Gasteiger partial charge in [-0.25, -0.2) is 4.39 Å². The van der Waals surface area contributed by atoms with Crippen molar-refractivity contribution < 1.29 is 4.39 Å². The minimum absolute atomic E-state index is 0.000945. The van der Waals surface area contributed by atoms with Gasteiger partial charge in [0.1, 0.15) is 0 Å². The first-order chi connectivity index (χ1) is 8.16. The highest BCUT2D eigenvalue weighted by Gasteiger charge is 2.07. The number of halogens is 3. The zero-order valence-corrected chi connectivity index (χ0v) is 10.3. The fraction of sp³-hybridized carbons (Fsp3) is 0.0833. The Bertz CT molecular complexity index is 494. The molecule has 2 aromatic rings. The highest BCUT2D eigenvalue weighted by Crippen LogP contribution is 2.27. The van der Waals surface area contributed by atoms with E-state index in [1.165, 1.54) is 12.1 Å². The van der Waals surface area contributed by atoms with Crippen molar-refractivity contribution in [2.45, 2.75) is 6.54 Å². The molecule has 1 aromatic heterocycles. The van der Waals surface area contributed by atoms with E-state index < -0.39 is 5.82 Å². The first-order valence-corrected chi connectivity index (χ1v) is 5.71. The lowest BCUT2D eigenvalue weighted by Gasteiger charge is -2.07. The molecule has 0 fully saturated rings. The number of rotatable bonds is 3. The Morgan fingerprint density at radius 3 is 2.47 bits per heavy atom. The molecular weight excluding hydrogens is 262 g/mol. The molecule has 0 saturated heterocycles. The van der Waals surface area contributed by atoms with Gasteiger partial charge < -0.3 is 5.32 Å². The van der Waals surface area contributed by atoms with Crippen LogP contribution in [0.15, 0.2) is 36.5 Å². The summed E-state index contributed by atoms with van der Waals surface area (Å²) in [6.45, 7) is 0.527. The van der Waals surface area contributed by atoms with Crippen LogP contribution in [0.1, 0.15) is 5.69 Å². The van der Waals surface area contributed by atoms with Crippen LogP contribution in [0.2, 0.25) is 10.0 Å². The Kier molecular flexibility index (Phi) is 3.82. The molecule has 0 bridgehead atoms. The predicted octanol–water partition coefficient (Wildman–Crippen LogP) is 4.14. The number of anilines is 1.